The molecule has 0 saturated carbocycles. The third-order valence-electron chi connectivity index (χ3n) is 4.87. The molecule has 1 amide bonds. The molecule has 0 spiro atoms. The Hall–Kier alpha value is -3.03. The molecule has 0 saturated heterocycles. The second-order valence-corrected chi connectivity index (χ2v) is 9.24. The highest BCUT2D eigenvalue weighted by Gasteiger charge is 2.21. The van der Waals surface area contributed by atoms with Crippen molar-refractivity contribution in [2.45, 2.75) is 31.1 Å². The van der Waals surface area contributed by atoms with E-state index in [-0.39, 0.29) is 12.1 Å². The van der Waals surface area contributed by atoms with Crippen LogP contribution < -0.4 is 10.0 Å². The van der Waals surface area contributed by atoms with Crippen molar-refractivity contribution in [1.82, 2.24) is 4.72 Å². The maximum absolute atomic E-state index is 14.3. The number of benzene rings is 3. The number of rotatable bonds is 8. The predicted octanol–water partition coefficient (Wildman–Crippen LogP) is 4.72. The molecule has 0 aromatic heterocycles. The van der Waals surface area contributed by atoms with Crippen LogP contribution in [0.5, 0.6) is 0 Å². The summed E-state index contributed by atoms with van der Waals surface area (Å²) in [6, 6.07) is 20.0. The molecule has 2 N–H and O–H groups in total. The maximum atomic E-state index is 14.3. The first-order chi connectivity index (χ1) is 14.8. The van der Waals surface area contributed by atoms with Gasteiger partial charge in [-0.25, -0.2) is 17.5 Å². The summed E-state index contributed by atoms with van der Waals surface area (Å²) in [6.45, 7) is 4.26. The van der Waals surface area contributed by atoms with Gasteiger partial charge in [-0.3, -0.25) is 4.79 Å². The molecule has 0 atom stereocenters. The summed E-state index contributed by atoms with van der Waals surface area (Å²) >= 11 is 0. The molecular formula is C24H25FN2O3S. The molecule has 31 heavy (non-hydrogen) atoms. The SMILES string of the molecule is CC(C)c1ccc(NC(=O)c2ccc(F)c(S(=O)(=O)NCCc3ccccc3)c2)cc1. The molecule has 0 aliphatic heterocycles. The van der Waals surface area contributed by atoms with Crippen LogP contribution in [0.3, 0.4) is 0 Å². The summed E-state index contributed by atoms with van der Waals surface area (Å²) < 4.78 is 41.9. The summed E-state index contributed by atoms with van der Waals surface area (Å²) in [5.74, 6) is -1.06. The number of amides is 1. The second kappa shape index (κ2) is 9.85. The Morgan fingerprint density at radius 3 is 2.29 bits per heavy atom. The van der Waals surface area contributed by atoms with Crippen LogP contribution in [0.2, 0.25) is 0 Å². The molecule has 0 aliphatic rings. The minimum absolute atomic E-state index is 0.0535. The molecule has 162 valence electrons. The average Bonchev–Trinajstić information content (AvgIpc) is 2.75. The minimum atomic E-state index is -4.11. The fourth-order valence-corrected chi connectivity index (χ4v) is 4.19. The van der Waals surface area contributed by atoms with Crippen molar-refractivity contribution in [3.8, 4) is 0 Å². The molecule has 3 aromatic carbocycles. The number of hydrogen-bond acceptors (Lipinski definition) is 3. The Morgan fingerprint density at radius 2 is 1.65 bits per heavy atom. The molecule has 0 bridgehead atoms. The highest BCUT2D eigenvalue weighted by molar-refractivity contribution is 7.89. The van der Waals surface area contributed by atoms with Gasteiger partial charge in [0, 0.05) is 17.8 Å². The fourth-order valence-electron chi connectivity index (χ4n) is 3.06. The van der Waals surface area contributed by atoms with Gasteiger partial charge in [0.2, 0.25) is 10.0 Å². The summed E-state index contributed by atoms with van der Waals surface area (Å²) in [7, 11) is -4.11. The van der Waals surface area contributed by atoms with E-state index in [1.54, 1.807) is 12.1 Å². The normalized spacial score (nSPS) is 11.5. The van der Waals surface area contributed by atoms with E-state index in [4.69, 9.17) is 0 Å². The third-order valence-corrected chi connectivity index (χ3v) is 6.34. The van der Waals surface area contributed by atoms with Gasteiger partial charge >= 0.3 is 0 Å². The molecule has 0 radical (unpaired) electrons. The van der Waals surface area contributed by atoms with Crippen molar-refractivity contribution in [2.24, 2.45) is 0 Å². The van der Waals surface area contributed by atoms with Gasteiger partial charge in [-0.05, 0) is 53.8 Å². The predicted molar refractivity (Wildman–Crippen MR) is 120 cm³/mol. The van der Waals surface area contributed by atoms with Gasteiger partial charge in [0.25, 0.3) is 5.91 Å². The second-order valence-electron chi connectivity index (χ2n) is 7.51. The zero-order valence-corrected chi connectivity index (χ0v) is 18.2. The van der Waals surface area contributed by atoms with E-state index in [1.165, 1.54) is 6.07 Å². The van der Waals surface area contributed by atoms with Crippen molar-refractivity contribution in [3.63, 3.8) is 0 Å². The van der Waals surface area contributed by atoms with Crippen LogP contribution in [0.15, 0.2) is 77.7 Å². The van der Waals surface area contributed by atoms with Crippen molar-refractivity contribution in [2.75, 3.05) is 11.9 Å². The van der Waals surface area contributed by atoms with E-state index in [0.29, 0.717) is 18.0 Å². The van der Waals surface area contributed by atoms with E-state index in [1.807, 2.05) is 42.5 Å². The number of anilines is 1. The van der Waals surface area contributed by atoms with E-state index in [2.05, 4.69) is 23.9 Å². The Balaban J connectivity index is 1.71. The van der Waals surface area contributed by atoms with Crippen molar-refractivity contribution < 1.29 is 17.6 Å². The molecule has 0 unspecified atom stereocenters. The fraction of sp³-hybridized carbons (Fsp3) is 0.208. The van der Waals surface area contributed by atoms with Crippen LogP contribution in [-0.4, -0.2) is 20.9 Å². The van der Waals surface area contributed by atoms with Crippen LogP contribution >= 0.6 is 0 Å². The van der Waals surface area contributed by atoms with Crippen molar-refractivity contribution in [3.05, 3.63) is 95.3 Å². The molecule has 7 heteroatoms. The van der Waals surface area contributed by atoms with E-state index >= 15 is 0 Å². The summed E-state index contributed by atoms with van der Waals surface area (Å²) in [5.41, 5.74) is 2.72. The number of carbonyl (C=O) groups excluding carboxylic acids is 1. The highest BCUT2D eigenvalue weighted by Crippen LogP contribution is 2.20. The molecule has 3 aromatic rings. The van der Waals surface area contributed by atoms with Gasteiger partial charge in [-0.15, -0.1) is 0 Å². The van der Waals surface area contributed by atoms with Gasteiger partial charge in [0.05, 0.1) is 0 Å². The van der Waals surface area contributed by atoms with Crippen LogP contribution in [0.25, 0.3) is 0 Å². The molecule has 5 nitrogen and oxygen atoms in total. The number of sulfonamides is 1. The Morgan fingerprint density at radius 1 is 0.968 bits per heavy atom. The summed E-state index contributed by atoms with van der Waals surface area (Å²) in [4.78, 5) is 12.0. The standard InChI is InChI=1S/C24H25FN2O3S/c1-17(2)19-8-11-21(12-9-19)27-24(28)20-10-13-22(25)23(16-20)31(29,30)26-15-14-18-6-4-3-5-7-18/h3-13,16-17,26H,14-15H2,1-2H3,(H,27,28). The van der Waals surface area contributed by atoms with E-state index < -0.39 is 26.6 Å². The maximum Gasteiger partial charge on any atom is 0.255 e. The number of carbonyl (C=O) groups is 1. The zero-order chi connectivity index (χ0) is 22.4. The first-order valence-corrected chi connectivity index (χ1v) is 11.5. The lowest BCUT2D eigenvalue weighted by atomic mass is 10.0. The van der Waals surface area contributed by atoms with E-state index in [9.17, 15) is 17.6 Å². The molecular weight excluding hydrogens is 415 g/mol. The van der Waals surface area contributed by atoms with Crippen molar-refractivity contribution >= 4 is 21.6 Å². The first-order valence-electron chi connectivity index (χ1n) is 10.0. The Bertz CT molecular complexity index is 1150. The molecule has 3 rings (SSSR count). The topological polar surface area (TPSA) is 75.3 Å². The van der Waals surface area contributed by atoms with Gasteiger partial charge in [-0.1, -0.05) is 56.3 Å². The number of nitrogens with one attached hydrogen (secondary N) is 2. The number of halogens is 1. The summed E-state index contributed by atoms with van der Waals surface area (Å²) in [6.07, 6.45) is 0.467. The van der Waals surface area contributed by atoms with E-state index in [0.717, 1.165) is 23.3 Å². The van der Waals surface area contributed by atoms with Gasteiger partial charge in [-0.2, -0.15) is 0 Å². The van der Waals surface area contributed by atoms with Gasteiger partial charge in [0.15, 0.2) is 0 Å². The first kappa shape index (κ1) is 22.7. The lowest BCUT2D eigenvalue weighted by Crippen LogP contribution is -2.27. The quantitative estimate of drug-likeness (QED) is 0.532. The monoisotopic (exact) mass is 440 g/mol. The molecule has 0 aliphatic carbocycles. The van der Waals surface area contributed by atoms with Gasteiger partial charge in [0.1, 0.15) is 10.7 Å². The van der Waals surface area contributed by atoms with Crippen LogP contribution in [0.4, 0.5) is 10.1 Å². The zero-order valence-electron chi connectivity index (χ0n) is 17.4. The van der Waals surface area contributed by atoms with Crippen LogP contribution in [0, 0.1) is 5.82 Å². The smallest absolute Gasteiger partial charge is 0.255 e. The minimum Gasteiger partial charge on any atom is -0.322 e. The third kappa shape index (κ3) is 5.99. The molecule has 0 fully saturated rings. The lowest BCUT2D eigenvalue weighted by Gasteiger charge is -2.11. The van der Waals surface area contributed by atoms with Crippen LogP contribution in [-0.2, 0) is 16.4 Å². The highest BCUT2D eigenvalue weighted by atomic mass is 32.2. The Kier molecular flexibility index (Phi) is 7.20. The number of hydrogen-bond donors (Lipinski definition) is 2. The van der Waals surface area contributed by atoms with Gasteiger partial charge < -0.3 is 5.32 Å². The average molecular weight is 441 g/mol. The van der Waals surface area contributed by atoms with Crippen LogP contribution in [0.1, 0.15) is 41.3 Å². The summed E-state index contributed by atoms with van der Waals surface area (Å²) in [5, 5.41) is 2.71. The van der Waals surface area contributed by atoms with Crippen molar-refractivity contribution in [1.29, 1.82) is 0 Å². The molecule has 0 heterocycles. The Labute approximate surface area is 182 Å². The largest absolute Gasteiger partial charge is 0.322 e. The lowest BCUT2D eigenvalue weighted by molar-refractivity contribution is 0.102.